The standard InChI is InChI=1S/C18H29NO2/c1-4-5-13-6-7-15(12-19)16(10-13)14-8-9-17(20-2)18(11-14)21-3/h8-9,11,13,15-16H,4-7,10,12,19H2,1-3H3. The lowest BCUT2D eigenvalue weighted by atomic mass is 9.70. The summed E-state index contributed by atoms with van der Waals surface area (Å²) in [6, 6.07) is 6.34. The van der Waals surface area contributed by atoms with E-state index in [1.807, 2.05) is 6.07 Å². The molecule has 3 unspecified atom stereocenters. The van der Waals surface area contributed by atoms with Crippen LogP contribution < -0.4 is 15.2 Å². The van der Waals surface area contributed by atoms with Crippen LogP contribution in [0.5, 0.6) is 11.5 Å². The van der Waals surface area contributed by atoms with Crippen LogP contribution in [0.3, 0.4) is 0 Å². The van der Waals surface area contributed by atoms with Crippen molar-refractivity contribution in [2.45, 2.75) is 44.9 Å². The van der Waals surface area contributed by atoms with Crippen LogP contribution in [0.25, 0.3) is 0 Å². The second-order valence-electron chi connectivity index (χ2n) is 6.18. The average molecular weight is 291 g/mol. The fraction of sp³-hybridized carbons (Fsp3) is 0.667. The molecular formula is C18H29NO2. The molecule has 0 radical (unpaired) electrons. The maximum Gasteiger partial charge on any atom is 0.160 e. The maximum atomic E-state index is 6.02. The highest BCUT2D eigenvalue weighted by Gasteiger charge is 2.30. The first-order chi connectivity index (χ1) is 10.2. The molecule has 3 heteroatoms. The molecule has 118 valence electrons. The molecule has 21 heavy (non-hydrogen) atoms. The fourth-order valence-electron chi connectivity index (χ4n) is 3.76. The molecule has 0 spiro atoms. The summed E-state index contributed by atoms with van der Waals surface area (Å²) in [6.45, 7) is 3.05. The first kappa shape index (κ1) is 16.2. The molecule has 2 N–H and O–H groups in total. The molecule has 0 aliphatic heterocycles. The van der Waals surface area contributed by atoms with Crippen molar-refractivity contribution >= 4 is 0 Å². The third kappa shape index (κ3) is 3.70. The minimum absolute atomic E-state index is 0.556. The summed E-state index contributed by atoms with van der Waals surface area (Å²) in [5, 5.41) is 0. The topological polar surface area (TPSA) is 44.5 Å². The number of nitrogens with two attached hydrogens (primary N) is 1. The van der Waals surface area contributed by atoms with Crippen LogP contribution in [0.2, 0.25) is 0 Å². The molecule has 1 fully saturated rings. The van der Waals surface area contributed by atoms with Crippen molar-refractivity contribution in [2.24, 2.45) is 17.6 Å². The molecule has 1 aromatic carbocycles. The van der Waals surface area contributed by atoms with E-state index < -0.39 is 0 Å². The molecule has 1 aliphatic rings. The Morgan fingerprint density at radius 2 is 1.90 bits per heavy atom. The summed E-state index contributed by atoms with van der Waals surface area (Å²) in [5.41, 5.74) is 7.37. The van der Waals surface area contributed by atoms with Crippen molar-refractivity contribution in [1.82, 2.24) is 0 Å². The highest BCUT2D eigenvalue weighted by molar-refractivity contribution is 5.44. The number of hydrogen-bond acceptors (Lipinski definition) is 3. The molecule has 0 aromatic heterocycles. The monoisotopic (exact) mass is 291 g/mol. The van der Waals surface area contributed by atoms with Crippen LogP contribution >= 0.6 is 0 Å². The second kappa shape index (κ2) is 7.69. The summed E-state index contributed by atoms with van der Waals surface area (Å²) < 4.78 is 10.8. The molecule has 1 aromatic rings. The zero-order valence-electron chi connectivity index (χ0n) is 13.6. The van der Waals surface area contributed by atoms with E-state index in [1.165, 1.54) is 37.7 Å². The van der Waals surface area contributed by atoms with Crippen LogP contribution in [-0.4, -0.2) is 20.8 Å². The molecule has 3 atom stereocenters. The predicted octanol–water partition coefficient (Wildman–Crippen LogP) is 3.96. The van der Waals surface area contributed by atoms with Crippen LogP contribution in [0, 0.1) is 11.8 Å². The molecule has 1 saturated carbocycles. The normalized spacial score (nSPS) is 25.6. The van der Waals surface area contributed by atoms with Gasteiger partial charge in [0.15, 0.2) is 11.5 Å². The molecule has 2 rings (SSSR count). The van der Waals surface area contributed by atoms with Gasteiger partial charge in [0.25, 0.3) is 0 Å². The Kier molecular flexibility index (Phi) is 5.92. The van der Waals surface area contributed by atoms with E-state index in [9.17, 15) is 0 Å². The number of rotatable bonds is 6. The average Bonchev–Trinajstić information content (AvgIpc) is 2.54. The summed E-state index contributed by atoms with van der Waals surface area (Å²) in [5.74, 6) is 3.61. The van der Waals surface area contributed by atoms with Crippen molar-refractivity contribution in [2.75, 3.05) is 20.8 Å². The number of methoxy groups -OCH3 is 2. The van der Waals surface area contributed by atoms with Crippen LogP contribution in [0.1, 0.15) is 50.5 Å². The molecule has 3 nitrogen and oxygen atoms in total. The van der Waals surface area contributed by atoms with Crippen molar-refractivity contribution in [3.8, 4) is 11.5 Å². The van der Waals surface area contributed by atoms with Crippen molar-refractivity contribution in [3.63, 3.8) is 0 Å². The van der Waals surface area contributed by atoms with E-state index in [1.54, 1.807) is 14.2 Å². The van der Waals surface area contributed by atoms with Gasteiger partial charge in [-0.3, -0.25) is 0 Å². The zero-order valence-corrected chi connectivity index (χ0v) is 13.6. The Balaban J connectivity index is 2.23. The van der Waals surface area contributed by atoms with Gasteiger partial charge in [-0.2, -0.15) is 0 Å². The van der Waals surface area contributed by atoms with E-state index in [2.05, 4.69) is 19.1 Å². The van der Waals surface area contributed by atoms with Crippen molar-refractivity contribution in [3.05, 3.63) is 23.8 Å². The van der Waals surface area contributed by atoms with Gasteiger partial charge in [-0.25, -0.2) is 0 Å². The quantitative estimate of drug-likeness (QED) is 0.862. The van der Waals surface area contributed by atoms with Gasteiger partial charge in [0.2, 0.25) is 0 Å². The number of ether oxygens (including phenoxy) is 2. The lowest BCUT2D eigenvalue weighted by molar-refractivity contribution is 0.229. The van der Waals surface area contributed by atoms with Gasteiger partial charge in [-0.1, -0.05) is 32.3 Å². The highest BCUT2D eigenvalue weighted by Crippen LogP contribution is 2.43. The molecule has 0 saturated heterocycles. The molecule has 0 amide bonds. The Bertz CT molecular complexity index is 447. The molecule has 0 bridgehead atoms. The highest BCUT2D eigenvalue weighted by atomic mass is 16.5. The minimum Gasteiger partial charge on any atom is -0.493 e. The third-order valence-corrected chi connectivity index (χ3v) is 4.94. The van der Waals surface area contributed by atoms with Gasteiger partial charge in [-0.15, -0.1) is 0 Å². The van der Waals surface area contributed by atoms with E-state index >= 15 is 0 Å². The lowest BCUT2D eigenvalue weighted by Crippen LogP contribution is -2.29. The Morgan fingerprint density at radius 3 is 2.52 bits per heavy atom. The lowest BCUT2D eigenvalue weighted by Gasteiger charge is -2.36. The van der Waals surface area contributed by atoms with Gasteiger partial charge in [0.1, 0.15) is 0 Å². The Morgan fingerprint density at radius 1 is 1.14 bits per heavy atom. The second-order valence-corrected chi connectivity index (χ2v) is 6.18. The number of hydrogen-bond donors (Lipinski definition) is 1. The smallest absolute Gasteiger partial charge is 0.160 e. The predicted molar refractivity (Wildman–Crippen MR) is 87.1 cm³/mol. The largest absolute Gasteiger partial charge is 0.493 e. The summed E-state index contributed by atoms with van der Waals surface area (Å²) in [6.07, 6.45) is 6.45. The van der Waals surface area contributed by atoms with Gasteiger partial charge < -0.3 is 15.2 Å². The molecule has 0 heterocycles. The van der Waals surface area contributed by atoms with E-state index in [0.717, 1.165) is 24.0 Å². The Hall–Kier alpha value is -1.22. The summed E-state index contributed by atoms with van der Waals surface area (Å²) in [7, 11) is 3.38. The van der Waals surface area contributed by atoms with E-state index in [-0.39, 0.29) is 0 Å². The van der Waals surface area contributed by atoms with Crippen molar-refractivity contribution in [1.29, 1.82) is 0 Å². The third-order valence-electron chi connectivity index (χ3n) is 4.94. The van der Waals surface area contributed by atoms with E-state index in [0.29, 0.717) is 11.8 Å². The SMILES string of the molecule is CCCC1CCC(CN)C(c2ccc(OC)c(OC)c2)C1. The van der Waals surface area contributed by atoms with Gasteiger partial charge in [0, 0.05) is 0 Å². The summed E-state index contributed by atoms with van der Waals surface area (Å²) in [4.78, 5) is 0. The van der Waals surface area contributed by atoms with Crippen LogP contribution in [-0.2, 0) is 0 Å². The Labute approximate surface area is 128 Å². The van der Waals surface area contributed by atoms with Crippen LogP contribution in [0.15, 0.2) is 18.2 Å². The van der Waals surface area contributed by atoms with E-state index in [4.69, 9.17) is 15.2 Å². The molecule has 1 aliphatic carbocycles. The zero-order chi connectivity index (χ0) is 15.2. The maximum absolute atomic E-state index is 6.02. The first-order valence-corrected chi connectivity index (χ1v) is 8.15. The first-order valence-electron chi connectivity index (χ1n) is 8.15. The van der Waals surface area contributed by atoms with Crippen LogP contribution in [0.4, 0.5) is 0 Å². The summed E-state index contributed by atoms with van der Waals surface area (Å²) >= 11 is 0. The van der Waals surface area contributed by atoms with Crippen molar-refractivity contribution < 1.29 is 9.47 Å². The minimum atomic E-state index is 0.556. The number of benzene rings is 1. The molecular weight excluding hydrogens is 262 g/mol. The van der Waals surface area contributed by atoms with Gasteiger partial charge in [-0.05, 0) is 54.8 Å². The van der Waals surface area contributed by atoms with Gasteiger partial charge in [0.05, 0.1) is 14.2 Å². The van der Waals surface area contributed by atoms with Gasteiger partial charge >= 0.3 is 0 Å². The fourth-order valence-corrected chi connectivity index (χ4v) is 3.76.